The van der Waals surface area contributed by atoms with Crippen LogP contribution in [-0.4, -0.2) is 31.2 Å². The minimum atomic E-state index is -0.150. The second kappa shape index (κ2) is 8.30. The normalized spacial score (nSPS) is 11.6. The molecule has 0 radical (unpaired) electrons. The summed E-state index contributed by atoms with van der Waals surface area (Å²) < 4.78 is 5.24. The van der Waals surface area contributed by atoms with Gasteiger partial charge in [0.05, 0.1) is 6.54 Å². The number of nitrogens with zero attached hydrogens (tertiary/aromatic N) is 4. The molecule has 0 saturated heterocycles. The fraction of sp³-hybridized carbons (Fsp3) is 0.421. The Morgan fingerprint density at radius 3 is 2.57 bits per heavy atom. The van der Waals surface area contributed by atoms with Crippen LogP contribution in [-0.2, 0) is 23.2 Å². The number of anilines is 1. The quantitative estimate of drug-likeness (QED) is 0.570. The molecule has 0 aliphatic heterocycles. The SMILES string of the molecule is CC(C)(C)c1noc(CCCC(=O)Nc2ccc(-c3n[nH]c(CN)n3)cc2)n1. The molecule has 0 unspecified atom stereocenters. The van der Waals surface area contributed by atoms with Crippen molar-refractivity contribution in [2.75, 3.05) is 5.32 Å². The van der Waals surface area contributed by atoms with Crippen molar-refractivity contribution in [1.29, 1.82) is 0 Å². The Kier molecular flexibility index (Phi) is 5.84. The number of carbonyl (C=O) groups excluding carboxylic acids is 1. The number of hydrogen-bond donors (Lipinski definition) is 3. The third kappa shape index (κ3) is 5.01. The second-order valence-electron chi connectivity index (χ2n) is 7.55. The first-order chi connectivity index (χ1) is 13.3. The first-order valence-corrected chi connectivity index (χ1v) is 9.20. The molecule has 1 amide bonds. The van der Waals surface area contributed by atoms with Gasteiger partial charge in [-0.2, -0.15) is 10.1 Å². The van der Waals surface area contributed by atoms with Crippen LogP contribution in [0.2, 0.25) is 0 Å². The Hall–Kier alpha value is -3.07. The van der Waals surface area contributed by atoms with Crippen molar-refractivity contribution in [2.24, 2.45) is 5.73 Å². The van der Waals surface area contributed by atoms with Crippen molar-refractivity contribution in [3.63, 3.8) is 0 Å². The summed E-state index contributed by atoms with van der Waals surface area (Å²) in [7, 11) is 0. The van der Waals surface area contributed by atoms with Gasteiger partial charge in [0.15, 0.2) is 11.6 Å². The number of aryl methyl sites for hydroxylation is 1. The lowest BCUT2D eigenvalue weighted by Crippen LogP contribution is -2.13. The molecule has 1 aromatic carbocycles. The smallest absolute Gasteiger partial charge is 0.226 e. The minimum Gasteiger partial charge on any atom is -0.339 e. The van der Waals surface area contributed by atoms with Gasteiger partial charge in [-0.3, -0.25) is 9.89 Å². The summed E-state index contributed by atoms with van der Waals surface area (Å²) in [6.45, 7) is 6.39. The van der Waals surface area contributed by atoms with Gasteiger partial charge in [0, 0.05) is 29.5 Å². The standard InChI is InChI=1S/C19H25N7O2/c1-19(2,3)18-23-16(28-26-18)6-4-5-15(27)21-13-9-7-12(8-10-13)17-22-14(11-20)24-25-17/h7-10H,4-6,11,20H2,1-3H3,(H,21,27)(H,22,24,25). The van der Waals surface area contributed by atoms with Crippen LogP contribution < -0.4 is 11.1 Å². The van der Waals surface area contributed by atoms with Gasteiger partial charge in [-0.15, -0.1) is 0 Å². The van der Waals surface area contributed by atoms with E-state index in [-0.39, 0.29) is 11.3 Å². The lowest BCUT2D eigenvalue weighted by Gasteiger charge is -2.10. The highest BCUT2D eigenvalue weighted by atomic mass is 16.5. The zero-order valence-electron chi connectivity index (χ0n) is 16.3. The summed E-state index contributed by atoms with van der Waals surface area (Å²) in [5.41, 5.74) is 6.94. The van der Waals surface area contributed by atoms with E-state index < -0.39 is 0 Å². The number of aromatic nitrogens is 5. The molecule has 0 fully saturated rings. The topological polar surface area (TPSA) is 136 Å². The van der Waals surface area contributed by atoms with Gasteiger partial charge < -0.3 is 15.6 Å². The van der Waals surface area contributed by atoms with Crippen LogP contribution in [0.3, 0.4) is 0 Å². The Balaban J connectivity index is 1.47. The van der Waals surface area contributed by atoms with Gasteiger partial charge in [-0.05, 0) is 30.7 Å². The predicted molar refractivity (Wildman–Crippen MR) is 104 cm³/mol. The molecule has 9 nitrogen and oxygen atoms in total. The summed E-state index contributed by atoms with van der Waals surface area (Å²) in [6, 6.07) is 7.34. The Morgan fingerprint density at radius 2 is 1.96 bits per heavy atom. The first kappa shape index (κ1) is 19.7. The summed E-state index contributed by atoms with van der Waals surface area (Å²) in [6.07, 6.45) is 1.58. The fourth-order valence-electron chi connectivity index (χ4n) is 2.50. The van der Waals surface area contributed by atoms with E-state index in [1.54, 1.807) is 0 Å². The predicted octanol–water partition coefficient (Wildman–Crippen LogP) is 2.57. The van der Waals surface area contributed by atoms with Gasteiger partial charge >= 0.3 is 0 Å². The minimum absolute atomic E-state index is 0.0633. The van der Waals surface area contributed by atoms with Crippen molar-refractivity contribution >= 4 is 11.6 Å². The van der Waals surface area contributed by atoms with E-state index in [1.165, 1.54) is 0 Å². The van der Waals surface area contributed by atoms with Crippen LogP contribution >= 0.6 is 0 Å². The molecule has 3 rings (SSSR count). The van der Waals surface area contributed by atoms with Crippen LogP contribution in [0.1, 0.15) is 51.2 Å². The largest absolute Gasteiger partial charge is 0.339 e. The van der Waals surface area contributed by atoms with Gasteiger partial charge in [0.1, 0.15) is 5.82 Å². The van der Waals surface area contributed by atoms with Crippen molar-refractivity contribution in [3.8, 4) is 11.4 Å². The van der Waals surface area contributed by atoms with Crippen LogP contribution in [0.25, 0.3) is 11.4 Å². The number of H-pyrrole nitrogens is 1. The Labute approximate surface area is 163 Å². The van der Waals surface area contributed by atoms with E-state index in [9.17, 15) is 4.79 Å². The summed E-state index contributed by atoms with van der Waals surface area (Å²) in [5, 5.41) is 13.8. The number of rotatable bonds is 7. The molecule has 2 heterocycles. The Bertz CT molecular complexity index is 922. The molecular formula is C19H25N7O2. The molecule has 148 valence electrons. The molecule has 28 heavy (non-hydrogen) atoms. The third-order valence-corrected chi connectivity index (χ3v) is 4.09. The second-order valence-corrected chi connectivity index (χ2v) is 7.55. The molecule has 0 atom stereocenters. The average molecular weight is 383 g/mol. The molecule has 0 saturated carbocycles. The average Bonchev–Trinajstić information content (AvgIpc) is 3.31. The van der Waals surface area contributed by atoms with E-state index in [0.29, 0.717) is 49.2 Å². The van der Waals surface area contributed by atoms with E-state index in [1.807, 2.05) is 45.0 Å². The van der Waals surface area contributed by atoms with E-state index >= 15 is 0 Å². The van der Waals surface area contributed by atoms with Gasteiger partial charge in [0.25, 0.3) is 0 Å². The highest BCUT2D eigenvalue weighted by Crippen LogP contribution is 2.20. The fourth-order valence-corrected chi connectivity index (χ4v) is 2.50. The highest BCUT2D eigenvalue weighted by Gasteiger charge is 2.20. The van der Waals surface area contributed by atoms with Crippen LogP contribution in [0, 0.1) is 0 Å². The van der Waals surface area contributed by atoms with Crippen molar-refractivity contribution in [1.82, 2.24) is 25.3 Å². The summed E-state index contributed by atoms with van der Waals surface area (Å²) >= 11 is 0. The maximum Gasteiger partial charge on any atom is 0.226 e. The molecule has 0 aliphatic rings. The maximum absolute atomic E-state index is 12.1. The highest BCUT2D eigenvalue weighted by molar-refractivity contribution is 5.90. The third-order valence-electron chi connectivity index (χ3n) is 4.09. The number of aromatic amines is 1. The van der Waals surface area contributed by atoms with Crippen molar-refractivity contribution in [3.05, 3.63) is 41.8 Å². The number of carbonyl (C=O) groups is 1. The molecule has 0 aliphatic carbocycles. The van der Waals surface area contributed by atoms with Crippen molar-refractivity contribution in [2.45, 2.75) is 52.0 Å². The van der Waals surface area contributed by atoms with Crippen LogP contribution in [0.5, 0.6) is 0 Å². The number of hydrogen-bond acceptors (Lipinski definition) is 7. The number of nitrogens with one attached hydrogen (secondary N) is 2. The molecule has 0 bridgehead atoms. The van der Waals surface area contributed by atoms with Crippen molar-refractivity contribution < 1.29 is 9.32 Å². The summed E-state index contributed by atoms with van der Waals surface area (Å²) in [5.74, 6) is 2.38. The number of nitrogens with two attached hydrogens (primary N) is 1. The lowest BCUT2D eigenvalue weighted by atomic mass is 9.96. The van der Waals surface area contributed by atoms with Gasteiger partial charge in [-0.1, -0.05) is 25.9 Å². The Morgan fingerprint density at radius 1 is 1.21 bits per heavy atom. The zero-order chi connectivity index (χ0) is 20.1. The molecule has 4 N–H and O–H groups in total. The number of amides is 1. The van der Waals surface area contributed by atoms with Crippen LogP contribution in [0.15, 0.2) is 28.8 Å². The van der Waals surface area contributed by atoms with Gasteiger partial charge in [0.2, 0.25) is 11.8 Å². The van der Waals surface area contributed by atoms with Crippen LogP contribution in [0.4, 0.5) is 5.69 Å². The monoisotopic (exact) mass is 383 g/mol. The zero-order valence-corrected chi connectivity index (χ0v) is 16.3. The summed E-state index contributed by atoms with van der Waals surface area (Å²) in [4.78, 5) is 20.8. The van der Waals surface area contributed by atoms with E-state index in [2.05, 4.69) is 30.6 Å². The molecule has 3 aromatic rings. The number of benzene rings is 1. The van der Waals surface area contributed by atoms with E-state index in [4.69, 9.17) is 10.3 Å². The maximum atomic E-state index is 12.1. The first-order valence-electron chi connectivity index (χ1n) is 9.20. The molecule has 2 aromatic heterocycles. The lowest BCUT2D eigenvalue weighted by molar-refractivity contribution is -0.116. The molecular weight excluding hydrogens is 358 g/mol. The van der Waals surface area contributed by atoms with E-state index in [0.717, 1.165) is 11.3 Å². The van der Waals surface area contributed by atoms with Gasteiger partial charge in [-0.25, -0.2) is 4.98 Å². The molecule has 9 heteroatoms. The molecule has 0 spiro atoms.